The highest BCUT2D eigenvalue weighted by Gasteiger charge is 2.08. The lowest BCUT2D eigenvalue weighted by Crippen LogP contribution is -2.11. The highest BCUT2D eigenvalue weighted by Crippen LogP contribution is 2.00. The molecule has 0 aliphatic heterocycles. The number of carboxylic acids is 1. The van der Waals surface area contributed by atoms with E-state index in [0.29, 0.717) is 13.0 Å². The third-order valence-corrected chi connectivity index (χ3v) is 3.95. The van der Waals surface area contributed by atoms with Gasteiger partial charge in [0, 0.05) is 18.5 Å². The number of hydrogen-bond donors (Lipinski definition) is 1. The monoisotopic (exact) mass is 246 g/mol. The standard InChI is InChI=1S/C9H14N2O4S/c1-2-16(14,15)5-3-4-11-7-8(6-10-11)9(12)13/h6-7H,2-5H2,1H3,(H,12,13). The maximum Gasteiger partial charge on any atom is 0.338 e. The molecular formula is C9H14N2O4S. The van der Waals surface area contributed by atoms with Crippen LogP contribution < -0.4 is 0 Å². The summed E-state index contributed by atoms with van der Waals surface area (Å²) in [4.78, 5) is 10.5. The van der Waals surface area contributed by atoms with E-state index in [-0.39, 0.29) is 17.1 Å². The fourth-order valence-corrected chi connectivity index (χ4v) is 2.04. The molecular weight excluding hydrogens is 232 g/mol. The summed E-state index contributed by atoms with van der Waals surface area (Å²) in [5.74, 6) is -0.800. The minimum absolute atomic E-state index is 0.103. The normalized spacial score (nSPS) is 11.6. The van der Waals surface area contributed by atoms with Crippen LogP contribution in [-0.4, -0.2) is 40.8 Å². The summed E-state index contributed by atoms with van der Waals surface area (Å²) in [5, 5.41) is 12.5. The Morgan fingerprint density at radius 2 is 2.25 bits per heavy atom. The number of rotatable bonds is 6. The van der Waals surface area contributed by atoms with Gasteiger partial charge in [-0.05, 0) is 6.42 Å². The lowest BCUT2D eigenvalue weighted by Gasteiger charge is -2.01. The van der Waals surface area contributed by atoms with Gasteiger partial charge in [0.25, 0.3) is 0 Å². The van der Waals surface area contributed by atoms with Crippen molar-refractivity contribution in [3.63, 3.8) is 0 Å². The molecule has 0 spiro atoms. The topological polar surface area (TPSA) is 89.3 Å². The molecule has 0 aromatic carbocycles. The molecule has 6 nitrogen and oxygen atoms in total. The van der Waals surface area contributed by atoms with Crippen LogP contribution in [0.15, 0.2) is 12.4 Å². The molecule has 1 aromatic heterocycles. The van der Waals surface area contributed by atoms with Crippen LogP contribution in [0.4, 0.5) is 0 Å². The van der Waals surface area contributed by atoms with Crippen molar-refractivity contribution in [1.82, 2.24) is 9.78 Å². The second kappa shape index (κ2) is 5.11. The zero-order valence-electron chi connectivity index (χ0n) is 8.96. The Morgan fingerprint density at radius 1 is 1.56 bits per heavy atom. The van der Waals surface area contributed by atoms with Gasteiger partial charge in [0.2, 0.25) is 0 Å². The quantitative estimate of drug-likeness (QED) is 0.785. The minimum Gasteiger partial charge on any atom is -0.478 e. The number of carbonyl (C=O) groups is 1. The molecule has 0 fully saturated rings. The number of aromatic carboxylic acids is 1. The van der Waals surface area contributed by atoms with E-state index in [0.717, 1.165) is 0 Å². The highest BCUT2D eigenvalue weighted by molar-refractivity contribution is 7.91. The van der Waals surface area contributed by atoms with Crippen molar-refractivity contribution in [2.24, 2.45) is 0 Å². The zero-order valence-corrected chi connectivity index (χ0v) is 9.77. The number of sulfone groups is 1. The molecule has 0 aliphatic rings. The Bertz CT molecular complexity index is 464. The first-order chi connectivity index (χ1) is 7.44. The van der Waals surface area contributed by atoms with Crippen LogP contribution >= 0.6 is 0 Å². The maximum absolute atomic E-state index is 11.2. The molecule has 1 heterocycles. The summed E-state index contributed by atoms with van der Waals surface area (Å²) in [6.45, 7) is 2.01. The van der Waals surface area contributed by atoms with E-state index >= 15 is 0 Å². The van der Waals surface area contributed by atoms with Crippen molar-refractivity contribution in [2.45, 2.75) is 19.9 Å². The van der Waals surface area contributed by atoms with E-state index in [1.54, 1.807) is 6.92 Å². The Balaban J connectivity index is 2.46. The van der Waals surface area contributed by atoms with E-state index < -0.39 is 15.8 Å². The molecule has 1 aromatic rings. The van der Waals surface area contributed by atoms with Gasteiger partial charge in [-0.1, -0.05) is 6.92 Å². The van der Waals surface area contributed by atoms with Crippen molar-refractivity contribution >= 4 is 15.8 Å². The molecule has 0 bridgehead atoms. The summed E-state index contributed by atoms with van der Waals surface area (Å²) in [5.41, 5.74) is 0.110. The molecule has 0 aliphatic carbocycles. The number of carboxylic acid groups (broad SMARTS) is 1. The number of aryl methyl sites for hydroxylation is 1. The van der Waals surface area contributed by atoms with E-state index in [9.17, 15) is 13.2 Å². The largest absolute Gasteiger partial charge is 0.478 e. The van der Waals surface area contributed by atoms with Gasteiger partial charge >= 0.3 is 5.97 Å². The molecule has 0 amide bonds. The van der Waals surface area contributed by atoms with Crippen molar-refractivity contribution in [3.8, 4) is 0 Å². The first-order valence-electron chi connectivity index (χ1n) is 4.91. The third kappa shape index (κ3) is 3.65. The molecule has 0 saturated heterocycles. The molecule has 16 heavy (non-hydrogen) atoms. The summed E-state index contributed by atoms with van der Waals surface area (Å²) in [6, 6.07) is 0. The molecule has 1 rings (SSSR count). The van der Waals surface area contributed by atoms with Gasteiger partial charge in [0.1, 0.15) is 9.84 Å². The van der Waals surface area contributed by atoms with Crippen LogP contribution in [-0.2, 0) is 16.4 Å². The van der Waals surface area contributed by atoms with Gasteiger partial charge in [0.05, 0.1) is 17.5 Å². The summed E-state index contributed by atoms with van der Waals surface area (Å²) in [6.07, 6.45) is 3.08. The van der Waals surface area contributed by atoms with Gasteiger partial charge in [0.15, 0.2) is 0 Å². The molecule has 1 N–H and O–H groups in total. The average Bonchev–Trinajstić information content (AvgIpc) is 2.66. The Kier molecular flexibility index (Phi) is 4.05. The average molecular weight is 246 g/mol. The van der Waals surface area contributed by atoms with Gasteiger partial charge < -0.3 is 5.11 Å². The van der Waals surface area contributed by atoms with E-state index in [1.165, 1.54) is 17.1 Å². The van der Waals surface area contributed by atoms with Crippen molar-refractivity contribution < 1.29 is 18.3 Å². The van der Waals surface area contributed by atoms with Crippen LogP contribution in [0.1, 0.15) is 23.7 Å². The van der Waals surface area contributed by atoms with Gasteiger partial charge in [-0.3, -0.25) is 4.68 Å². The van der Waals surface area contributed by atoms with Gasteiger partial charge in [-0.2, -0.15) is 5.10 Å². The van der Waals surface area contributed by atoms with E-state index in [2.05, 4.69) is 5.10 Å². The van der Waals surface area contributed by atoms with Crippen LogP contribution in [0, 0.1) is 0 Å². The van der Waals surface area contributed by atoms with Crippen LogP contribution in [0.5, 0.6) is 0 Å². The second-order valence-electron chi connectivity index (χ2n) is 3.39. The SMILES string of the molecule is CCS(=O)(=O)CCCn1cc(C(=O)O)cn1. The summed E-state index contributed by atoms with van der Waals surface area (Å²) in [7, 11) is -2.96. The third-order valence-electron chi connectivity index (χ3n) is 2.16. The Hall–Kier alpha value is -1.37. The molecule has 0 unspecified atom stereocenters. The van der Waals surface area contributed by atoms with Crippen LogP contribution in [0.2, 0.25) is 0 Å². The Labute approximate surface area is 93.8 Å². The van der Waals surface area contributed by atoms with E-state index in [4.69, 9.17) is 5.11 Å². The van der Waals surface area contributed by atoms with Crippen LogP contribution in [0.3, 0.4) is 0 Å². The lowest BCUT2D eigenvalue weighted by molar-refractivity contribution is 0.0696. The predicted molar refractivity (Wildman–Crippen MR) is 58.1 cm³/mol. The van der Waals surface area contributed by atoms with Crippen LogP contribution in [0.25, 0.3) is 0 Å². The van der Waals surface area contributed by atoms with Crippen molar-refractivity contribution in [3.05, 3.63) is 18.0 Å². The second-order valence-corrected chi connectivity index (χ2v) is 5.86. The fraction of sp³-hybridized carbons (Fsp3) is 0.556. The van der Waals surface area contributed by atoms with Crippen molar-refractivity contribution in [2.75, 3.05) is 11.5 Å². The minimum atomic E-state index is -2.96. The maximum atomic E-state index is 11.2. The summed E-state index contributed by atoms with van der Waals surface area (Å²) >= 11 is 0. The predicted octanol–water partition coefficient (Wildman–Crippen LogP) is 0.406. The highest BCUT2D eigenvalue weighted by atomic mass is 32.2. The molecule has 7 heteroatoms. The fourth-order valence-electron chi connectivity index (χ4n) is 1.19. The van der Waals surface area contributed by atoms with Gasteiger partial charge in [-0.15, -0.1) is 0 Å². The zero-order chi connectivity index (χ0) is 12.2. The molecule has 90 valence electrons. The smallest absolute Gasteiger partial charge is 0.338 e. The van der Waals surface area contributed by atoms with E-state index in [1.807, 2.05) is 0 Å². The van der Waals surface area contributed by atoms with Crippen molar-refractivity contribution in [1.29, 1.82) is 0 Å². The van der Waals surface area contributed by atoms with Gasteiger partial charge in [-0.25, -0.2) is 13.2 Å². The summed E-state index contributed by atoms with van der Waals surface area (Å²) < 4.78 is 23.8. The lowest BCUT2D eigenvalue weighted by atomic mass is 10.4. The first kappa shape index (κ1) is 12.7. The molecule has 0 saturated carbocycles. The molecule has 0 radical (unpaired) electrons. The Morgan fingerprint density at radius 3 is 2.75 bits per heavy atom. The number of hydrogen-bond acceptors (Lipinski definition) is 4. The number of aromatic nitrogens is 2. The number of nitrogens with zero attached hydrogens (tertiary/aromatic N) is 2. The first-order valence-corrected chi connectivity index (χ1v) is 6.73. The molecule has 0 atom stereocenters.